The quantitative estimate of drug-likeness (QED) is 0.278. The molecule has 2 heterocycles. The van der Waals surface area contributed by atoms with Crippen LogP contribution in [0.2, 0.25) is 5.02 Å². The zero-order chi connectivity index (χ0) is 25.9. The van der Waals surface area contributed by atoms with Gasteiger partial charge in [0.05, 0.1) is 17.1 Å². The van der Waals surface area contributed by atoms with Crippen molar-refractivity contribution in [1.29, 1.82) is 0 Å². The summed E-state index contributed by atoms with van der Waals surface area (Å²) in [4.78, 5) is 30.8. The van der Waals surface area contributed by atoms with Crippen molar-refractivity contribution in [2.45, 2.75) is 25.9 Å². The molecule has 1 aliphatic rings. The Labute approximate surface area is 222 Å². The highest BCUT2D eigenvalue weighted by Crippen LogP contribution is 2.42. The molecule has 0 spiro atoms. The molecule has 1 unspecified atom stereocenters. The predicted molar refractivity (Wildman–Crippen MR) is 149 cm³/mol. The average Bonchev–Trinajstić information content (AvgIpc) is 3.40. The molecule has 3 aromatic carbocycles. The first-order valence-electron chi connectivity index (χ1n) is 12.3. The standard InChI is InChI=1S/C31H28ClN3O2/c1-22(2)34(29(36)18-17-23-10-4-3-5-11-23)21-30(37)35-27-15-7-6-14-26(27)33-19-9-16-28(33)31(35)24-12-8-13-25(32)20-24/h3-20,22,31H,21H2,1-2H3/b18-17+. The van der Waals surface area contributed by atoms with E-state index in [0.717, 1.165) is 28.2 Å². The van der Waals surface area contributed by atoms with Crippen LogP contribution in [0, 0.1) is 0 Å². The minimum absolute atomic E-state index is 0.0538. The van der Waals surface area contributed by atoms with Crippen molar-refractivity contribution < 1.29 is 9.59 Å². The highest BCUT2D eigenvalue weighted by atomic mass is 35.5. The van der Waals surface area contributed by atoms with Gasteiger partial charge in [-0.25, -0.2) is 0 Å². The lowest BCUT2D eigenvalue weighted by atomic mass is 9.97. The fraction of sp³-hybridized carbons (Fsp3) is 0.161. The van der Waals surface area contributed by atoms with Crippen molar-refractivity contribution >= 4 is 35.2 Å². The molecule has 5 rings (SSSR count). The molecule has 6 heteroatoms. The molecule has 0 bridgehead atoms. The maximum atomic E-state index is 14.1. The number of hydrogen-bond acceptors (Lipinski definition) is 2. The third-order valence-corrected chi connectivity index (χ3v) is 6.82. The molecule has 2 amide bonds. The van der Waals surface area contributed by atoms with Crippen LogP contribution in [0.5, 0.6) is 0 Å². The molecule has 0 aliphatic carbocycles. The highest BCUT2D eigenvalue weighted by Gasteiger charge is 2.37. The van der Waals surface area contributed by atoms with E-state index < -0.39 is 0 Å². The number of aromatic nitrogens is 1. The summed E-state index contributed by atoms with van der Waals surface area (Å²) >= 11 is 6.37. The zero-order valence-electron chi connectivity index (χ0n) is 20.8. The van der Waals surface area contributed by atoms with Gasteiger partial charge in [-0.3, -0.25) is 14.5 Å². The molecule has 5 nitrogen and oxygen atoms in total. The van der Waals surface area contributed by atoms with Crippen LogP contribution in [0.4, 0.5) is 5.69 Å². The number of nitrogens with zero attached hydrogens (tertiary/aromatic N) is 3. The third kappa shape index (κ3) is 4.95. The molecule has 0 N–H and O–H groups in total. The number of benzene rings is 3. The first-order chi connectivity index (χ1) is 17.9. The number of halogens is 1. The average molecular weight is 510 g/mol. The lowest BCUT2D eigenvalue weighted by Crippen LogP contribution is -2.48. The fourth-order valence-electron chi connectivity index (χ4n) is 4.82. The van der Waals surface area contributed by atoms with Crippen LogP contribution in [-0.2, 0) is 9.59 Å². The lowest BCUT2D eigenvalue weighted by molar-refractivity contribution is -0.133. The van der Waals surface area contributed by atoms with E-state index in [9.17, 15) is 9.59 Å². The summed E-state index contributed by atoms with van der Waals surface area (Å²) in [5, 5.41) is 0.604. The Hall–Kier alpha value is -4.09. The molecule has 37 heavy (non-hydrogen) atoms. The van der Waals surface area contributed by atoms with Crippen molar-refractivity contribution in [1.82, 2.24) is 9.47 Å². The molecular formula is C31H28ClN3O2. The molecule has 0 saturated carbocycles. The lowest BCUT2D eigenvalue weighted by Gasteiger charge is -2.40. The van der Waals surface area contributed by atoms with Gasteiger partial charge in [0.1, 0.15) is 12.6 Å². The smallest absolute Gasteiger partial charge is 0.247 e. The summed E-state index contributed by atoms with van der Waals surface area (Å²) in [5.41, 5.74) is 4.50. The minimum atomic E-state index is -0.389. The first-order valence-corrected chi connectivity index (χ1v) is 12.7. The number of carbonyl (C=O) groups is 2. The Kier molecular flexibility index (Phi) is 6.97. The first kappa shape index (κ1) is 24.6. The number of anilines is 1. The molecule has 0 fully saturated rings. The van der Waals surface area contributed by atoms with Gasteiger partial charge >= 0.3 is 0 Å². The summed E-state index contributed by atoms with van der Waals surface area (Å²) in [7, 11) is 0. The number of rotatable bonds is 6. The number of carbonyl (C=O) groups excluding carboxylic acids is 2. The maximum Gasteiger partial charge on any atom is 0.247 e. The minimum Gasteiger partial charge on any atom is -0.327 e. The second-order valence-corrected chi connectivity index (χ2v) is 9.75. The molecule has 4 aromatic rings. The Balaban J connectivity index is 1.52. The monoisotopic (exact) mass is 509 g/mol. The highest BCUT2D eigenvalue weighted by molar-refractivity contribution is 6.30. The van der Waals surface area contributed by atoms with Crippen molar-refractivity contribution in [3.8, 4) is 5.69 Å². The van der Waals surface area contributed by atoms with Crippen molar-refractivity contribution in [3.05, 3.63) is 125 Å². The van der Waals surface area contributed by atoms with Crippen LogP contribution >= 0.6 is 11.6 Å². The Morgan fingerprint density at radius 3 is 2.38 bits per heavy atom. The van der Waals surface area contributed by atoms with Crippen LogP contribution in [0.15, 0.2) is 103 Å². The van der Waals surface area contributed by atoms with Gasteiger partial charge in [0.15, 0.2) is 0 Å². The second-order valence-electron chi connectivity index (χ2n) is 9.32. The van der Waals surface area contributed by atoms with Gasteiger partial charge in [-0.15, -0.1) is 0 Å². The van der Waals surface area contributed by atoms with Crippen LogP contribution in [0.3, 0.4) is 0 Å². The van der Waals surface area contributed by atoms with E-state index in [1.54, 1.807) is 15.9 Å². The number of hydrogen-bond donors (Lipinski definition) is 0. The van der Waals surface area contributed by atoms with Crippen LogP contribution in [0.25, 0.3) is 11.8 Å². The number of fused-ring (bicyclic) bond motifs is 3. The van der Waals surface area contributed by atoms with Crippen LogP contribution in [-0.4, -0.2) is 33.9 Å². The molecule has 0 radical (unpaired) electrons. The summed E-state index contributed by atoms with van der Waals surface area (Å²) in [6.45, 7) is 3.79. The fourth-order valence-corrected chi connectivity index (χ4v) is 5.02. The largest absolute Gasteiger partial charge is 0.327 e. The molecule has 1 atom stereocenters. The van der Waals surface area contributed by atoms with E-state index in [1.165, 1.54) is 6.08 Å². The van der Waals surface area contributed by atoms with Crippen LogP contribution < -0.4 is 4.90 Å². The van der Waals surface area contributed by atoms with Crippen LogP contribution in [0.1, 0.15) is 36.7 Å². The summed E-state index contributed by atoms with van der Waals surface area (Å²) in [5.74, 6) is -0.375. The van der Waals surface area contributed by atoms with E-state index >= 15 is 0 Å². The van der Waals surface area contributed by atoms with E-state index in [2.05, 4.69) is 4.57 Å². The molecule has 1 aliphatic heterocycles. The topological polar surface area (TPSA) is 45.6 Å². The van der Waals surface area contributed by atoms with Crippen molar-refractivity contribution in [3.63, 3.8) is 0 Å². The van der Waals surface area contributed by atoms with Gasteiger partial charge in [-0.1, -0.05) is 66.2 Å². The van der Waals surface area contributed by atoms with Gasteiger partial charge in [0.2, 0.25) is 11.8 Å². The van der Waals surface area contributed by atoms with Gasteiger partial charge in [-0.2, -0.15) is 0 Å². The Morgan fingerprint density at radius 2 is 1.65 bits per heavy atom. The molecule has 0 saturated heterocycles. The third-order valence-electron chi connectivity index (χ3n) is 6.58. The summed E-state index contributed by atoms with van der Waals surface area (Å²) in [6, 6.07) is 28.5. The van der Waals surface area contributed by atoms with Gasteiger partial charge in [0, 0.05) is 23.3 Å². The number of para-hydroxylation sites is 2. The second kappa shape index (κ2) is 10.5. The number of amides is 2. The summed E-state index contributed by atoms with van der Waals surface area (Å²) in [6.07, 6.45) is 5.32. The van der Waals surface area contributed by atoms with Crippen molar-refractivity contribution in [2.24, 2.45) is 0 Å². The molecular weight excluding hydrogens is 482 g/mol. The molecule has 1 aromatic heterocycles. The maximum absolute atomic E-state index is 14.1. The van der Waals surface area contributed by atoms with E-state index in [-0.39, 0.29) is 30.4 Å². The predicted octanol–water partition coefficient (Wildman–Crippen LogP) is 6.52. The Bertz CT molecular complexity index is 1460. The van der Waals surface area contributed by atoms with Gasteiger partial charge in [-0.05, 0) is 67.4 Å². The SMILES string of the molecule is CC(C)N(CC(=O)N1c2ccccc2-n2cccc2C1c1cccc(Cl)c1)C(=O)/C=C/c1ccccc1. The Morgan fingerprint density at radius 1 is 0.919 bits per heavy atom. The van der Waals surface area contributed by atoms with E-state index in [0.29, 0.717) is 5.02 Å². The van der Waals surface area contributed by atoms with E-state index in [1.807, 2.05) is 111 Å². The van der Waals surface area contributed by atoms with Crippen molar-refractivity contribution in [2.75, 3.05) is 11.4 Å². The normalized spacial score (nSPS) is 14.5. The van der Waals surface area contributed by atoms with Gasteiger partial charge in [0.25, 0.3) is 0 Å². The molecule has 186 valence electrons. The van der Waals surface area contributed by atoms with E-state index in [4.69, 9.17) is 11.6 Å². The summed E-state index contributed by atoms with van der Waals surface area (Å²) < 4.78 is 2.11. The van der Waals surface area contributed by atoms with Gasteiger partial charge < -0.3 is 9.47 Å². The zero-order valence-corrected chi connectivity index (χ0v) is 21.5.